The highest BCUT2D eigenvalue weighted by atomic mass is 15.3. The monoisotopic (exact) mass is 188 g/mol. The molecule has 0 aromatic carbocycles. The zero-order valence-corrected chi connectivity index (χ0v) is 7.96. The molecule has 0 aliphatic heterocycles. The lowest BCUT2D eigenvalue weighted by molar-refractivity contribution is 0.797. The van der Waals surface area contributed by atoms with Crippen molar-refractivity contribution < 1.29 is 0 Å². The van der Waals surface area contributed by atoms with Gasteiger partial charge in [0, 0.05) is 24.6 Å². The first-order valence-corrected chi connectivity index (χ1v) is 4.49. The number of rotatable bonds is 2. The van der Waals surface area contributed by atoms with Crippen molar-refractivity contribution in [2.24, 2.45) is 5.73 Å². The summed E-state index contributed by atoms with van der Waals surface area (Å²) in [6.07, 6.45) is 5.36. The molecule has 0 saturated carbocycles. The molecule has 0 unspecified atom stereocenters. The number of nitrogens with zero attached hydrogens (tertiary/aromatic N) is 3. The molecule has 0 aliphatic carbocycles. The molecule has 72 valence electrons. The van der Waals surface area contributed by atoms with Crippen LogP contribution in [0.4, 0.5) is 0 Å². The van der Waals surface area contributed by atoms with E-state index in [1.54, 1.807) is 17.1 Å². The summed E-state index contributed by atoms with van der Waals surface area (Å²) in [4.78, 5) is 4.26. The van der Waals surface area contributed by atoms with E-state index in [0.29, 0.717) is 0 Å². The van der Waals surface area contributed by atoms with Crippen molar-refractivity contribution in [3.63, 3.8) is 0 Å². The maximum Gasteiger partial charge on any atom is 0.153 e. The molecule has 2 aromatic rings. The lowest BCUT2D eigenvalue weighted by Gasteiger charge is -2.05. The molecule has 14 heavy (non-hydrogen) atoms. The Morgan fingerprint density at radius 2 is 2.29 bits per heavy atom. The summed E-state index contributed by atoms with van der Waals surface area (Å²) in [5.41, 5.74) is 6.75. The van der Waals surface area contributed by atoms with Crippen LogP contribution in [-0.2, 0) is 0 Å². The smallest absolute Gasteiger partial charge is 0.153 e. The molecule has 0 aliphatic rings. The first kappa shape index (κ1) is 8.90. The molecule has 0 spiro atoms. The van der Waals surface area contributed by atoms with Crippen molar-refractivity contribution >= 4 is 0 Å². The van der Waals surface area contributed by atoms with E-state index in [9.17, 15) is 0 Å². The Morgan fingerprint density at radius 3 is 2.79 bits per heavy atom. The number of pyridine rings is 1. The molecule has 4 nitrogen and oxygen atoms in total. The summed E-state index contributed by atoms with van der Waals surface area (Å²) in [6.45, 7) is 1.94. The van der Waals surface area contributed by atoms with Crippen LogP contribution in [0.5, 0.6) is 0 Å². The Bertz CT molecular complexity index is 389. The van der Waals surface area contributed by atoms with Crippen molar-refractivity contribution in [3.8, 4) is 5.82 Å². The zero-order valence-electron chi connectivity index (χ0n) is 7.96. The van der Waals surface area contributed by atoms with Gasteiger partial charge in [-0.25, -0.2) is 9.67 Å². The fourth-order valence-electron chi connectivity index (χ4n) is 1.21. The third kappa shape index (κ3) is 1.65. The topological polar surface area (TPSA) is 56.7 Å². The average molecular weight is 188 g/mol. The first-order valence-electron chi connectivity index (χ1n) is 4.49. The van der Waals surface area contributed by atoms with Gasteiger partial charge in [0.15, 0.2) is 5.82 Å². The number of hydrogen-bond acceptors (Lipinski definition) is 3. The Kier molecular flexibility index (Phi) is 2.28. The highest BCUT2D eigenvalue weighted by Gasteiger charge is 2.01. The van der Waals surface area contributed by atoms with Gasteiger partial charge in [0.05, 0.1) is 0 Å². The summed E-state index contributed by atoms with van der Waals surface area (Å²) in [6, 6.07) is 5.76. The van der Waals surface area contributed by atoms with Crippen molar-refractivity contribution in [2.75, 3.05) is 0 Å². The molecular formula is C10H12N4. The van der Waals surface area contributed by atoms with Gasteiger partial charge in [-0.05, 0) is 24.6 Å². The van der Waals surface area contributed by atoms with Gasteiger partial charge in [-0.15, -0.1) is 0 Å². The molecule has 2 heterocycles. The highest BCUT2D eigenvalue weighted by Crippen LogP contribution is 2.09. The fraction of sp³-hybridized carbons (Fsp3) is 0.200. The number of hydrogen-bond donors (Lipinski definition) is 1. The molecule has 0 amide bonds. The Hall–Kier alpha value is -1.68. The number of aromatic nitrogens is 3. The van der Waals surface area contributed by atoms with E-state index in [2.05, 4.69) is 10.1 Å². The van der Waals surface area contributed by atoms with E-state index in [4.69, 9.17) is 5.73 Å². The van der Waals surface area contributed by atoms with Gasteiger partial charge in [0.2, 0.25) is 0 Å². The minimum Gasteiger partial charge on any atom is -0.324 e. The molecule has 2 rings (SSSR count). The summed E-state index contributed by atoms with van der Waals surface area (Å²) in [7, 11) is 0. The van der Waals surface area contributed by atoms with E-state index in [0.717, 1.165) is 11.4 Å². The summed E-state index contributed by atoms with van der Waals surface area (Å²) in [5, 5.41) is 4.08. The summed E-state index contributed by atoms with van der Waals surface area (Å²) >= 11 is 0. The van der Waals surface area contributed by atoms with Gasteiger partial charge in [-0.2, -0.15) is 5.10 Å². The van der Waals surface area contributed by atoms with E-state index in [1.165, 1.54) is 0 Å². The van der Waals surface area contributed by atoms with Crippen LogP contribution in [0.2, 0.25) is 0 Å². The SMILES string of the molecule is C[C@H](N)c1ccc(-n2cccn2)nc1. The largest absolute Gasteiger partial charge is 0.324 e. The maximum atomic E-state index is 5.72. The van der Waals surface area contributed by atoms with Crippen LogP contribution in [0.1, 0.15) is 18.5 Å². The second kappa shape index (κ2) is 3.59. The minimum atomic E-state index is 0.0224. The third-order valence-corrected chi connectivity index (χ3v) is 2.04. The Balaban J connectivity index is 2.31. The summed E-state index contributed by atoms with van der Waals surface area (Å²) < 4.78 is 1.71. The van der Waals surface area contributed by atoms with Crippen molar-refractivity contribution in [2.45, 2.75) is 13.0 Å². The second-order valence-electron chi connectivity index (χ2n) is 3.19. The van der Waals surface area contributed by atoms with E-state index < -0.39 is 0 Å². The normalized spacial score (nSPS) is 12.7. The molecule has 0 fully saturated rings. The molecule has 0 radical (unpaired) electrons. The average Bonchev–Trinajstić information content (AvgIpc) is 2.71. The van der Waals surface area contributed by atoms with Gasteiger partial charge >= 0.3 is 0 Å². The lowest BCUT2D eigenvalue weighted by atomic mass is 10.2. The zero-order chi connectivity index (χ0) is 9.97. The first-order chi connectivity index (χ1) is 6.77. The number of nitrogens with two attached hydrogens (primary N) is 1. The van der Waals surface area contributed by atoms with Crippen molar-refractivity contribution in [1.29, 1.82) is 0 Å². The van der Waals surface area contributed by atoms with Gasteiger partial charge in [0.25, 0.3) is 0 Å². The quantitative estimate of drug-likeness (QED) is 0.772. The van der Waals surface area contributed by atoms with Gasteiger partial charge in [-0.3, -0.25) is 0 Å². The Labute approximate surface area is 82.4 Å². The summed E-state index contributed by atoms with van der Waals surface area (Å²) in [5.74, 6) is 0.805. The van der Waals surface area contributed by atoms with E-state index in [-0.39, 0.29) is 6.04 Å². The standard InChI is InChI=1S/C10H12N4/c1-8(11)9-3-4-10(12-7-9)14-6-2-5-13-14/h2-8H,11H2,1H3/t8-/m0/s1. The van der Waals surface area contributed by atoms with E-state index in [1.807, 2.05) is 31.3 Å². The van der Waals surface area contributed by atoms with E-state index >= 15 is 0 Å². The highest BCUT2D eigenvalue weighted by molar-refractivity contribution is 5.25. The van der Waals surface area contributed by atoms with Crippen LogP contribution in [0.3, 0.4) is 0 Å². The predicted molar refractivity (Wildman–Crippen MR) is 54.0 cm³/mol. The molecule has 2 N–H and O–H groups in total. The van der Waals surface area contributed by atoms with Crippen LogP contribution < -0.4 is 5.73 Å². The van der Waals surface area contributed by atoms with Crippen LogP contribution >= 0.6 is 0 Å². The van der Waals surface area contributed by atoms with Gasteiger partial charge in [-0.1, -0.05) is 6.07 Å². The van der Waals surface area contributed by atoms with Crippen LogP contribution in [0.25, 0.3) is 5.82 Å². The van der Waals surface area contributed by atoms with Crippen LogP contribution in [-0.4, -0.2) is 14.8 Å². The van der Waals surface area contributed by atoms with Crippen molar-refractivity contribution in [3.05, 3.63) is 42.4 Å². The minimum absolute atomic E-state index is 0.0224. The molecule has 4 heteroatoms. The van der Waals surface area contributed by atoms with Crippen molar-refractivity contribution in [1.82, 2.24) is 14.8 Å². The lowest BCUT2D eigenvalue weighted by Crippen LogP contribution is -2.06. The Morgan fingerprint density at radius 1 is 1.43 bits per heavy atom. The molecular weight excluding hydrogens is 176 g/mol. The van der Waals surface area contributed by atoms with Crippen LogP contribution in [0, 0.1) is 0 Å². The van der Waals surface area contributed by atoms with Gasteiger partial charge < -0.3 is 5.73 Å². The predicted octanol–water partition coefficient (Wildman–Crippen LogP) is 1.29. The maximum absolute atomic E-state index is 5.72. The van der Waals surface area contributed by atoms with Gasteiger partial charge in [0.1, 0.15) is 0 Å². The third-order valence-electron chi connectivity index (χ3n) is 2.04. The second-order valence-corrected chi connectivity index (χ2v) is 3.19. The molecule has 0 bridgehead atoms. The molecule has 0 saturated heterocycles. The van der Waals surface area contributed by atoms with Crippen LogP contribution in [0.15, 0.2) is 36.8 Å². The molecule has 1 atom stereocenters. The molecule has 2 aromatic heterocycles. The fourth-order valence-corrected chi connectivity index (χ4v) is 1.21.